The average Bonchev–Trinajstić information content (AvgIpc) is 2.75. The molecule has 0 saturated carbocycles. The Balaban J connectivity index is 1.95. The van der Waals surface area contributed by atoms with E-state index in [1.807, 2.05) is 32.0 Å². The summed E-state index contributed by atoms with van der Waals surface area (Å²) in [6.45, 7) is 4.04. The number of methoxy groups -OCH3 is 1. The van der Waals surface area contributed by atoms with Gasteiger partial charge in [0.15, 0.2) is 11.5 Å². The van der Waals surface area contributed by atoms with E-state index in [-0.39, 0.29) is 11.5 Å². The van der Waals surface area contributed by atoms with Crippen molar-refractivity contribution in [3.05, 3.63) is 89.9 Å². The molecule has 3 aromatic rings. The number of nitrogens with zero attached hydrogens (tertiary/aromatic N) is 3. The molecule has 0 aliphatic heterocycles. The first-order valence-electron chi connectivity index (χ1n) is 9.29. The van der Waals surface area contributed by atoms with Gasteiger partial charge in [-0.25, -0.2) is 0 Å². The molecule has 0 bridgehead atoms. The van der Waals surface area contributed by atoms with Gasteiger partial charge in [0.1, 0.15) is 0 Å². The quantitative estimate of drug-likeness (QED) is 0.210. The fourth-order valence-corrected chi connectivity index (χ4v) is 3.37. The normalized spacial score (nSPS) is 10.9. The lowest BCUT2D eigenvalue weighted by molar-refractivity contribution is -0.394. The molecule has 0 aliphatic rings. The highest BCUT2D eigenvalue weighted by atomic mass is 79.9. The Kier molecular flexibility index (Phi) is 6.84. The van der Waals surface area contributed by atoms with E-state index in [9.17, 15) is 20.2 Å². The van der Waals surface area contributed by atoms with E-state index >= 15 is 0 Å². The predicted molar refractivity (Wildman–Crippen MR) is 124 cm³/mol. The van der Waals surface area contributed by atoms with Gasteiger partial charge < -0.3 is 9.47 Å². The van der Waals surface area contributed by atoms with Crippen molar-refractivity contribution in [3.63, 3.8) is 0 Å². The Morgan fingerprint density at radius 3 is 2.31 bits per heavy atom. The Labute approximate surface area is 191 Å². The molecular weight excluding hydrogens is 482 g/mol. The third kappa shape index (κ3) is 5.09. The SMILES string of the molecule is COc1cc(C=Nc2ccc(C)c(C)c2)cc(Br)c1Oc1ccc([N+](=O)[O-])cc1[N+](=O)[O-]. The van der Waals surface area contributed by atoms with Crippen LogP contribution in [0.1, 0.15) is 16.7 Å². The summed E-state index contributed by atoms with van der Waals surface area (Å²) in [4.78, 5) is 25.3. The van der Waals surface area contributed by atoms with Gasteiger partial charge in [-0.2, -0.15) is 0 Å². The summed E-state index contributed by atoms with van der Waals surface area (Å²) in [6.07, 6.45) is 1.66. The zero-order chi connectivity index (χ0) is 23.4. The summed E-state index contributed by atoms with van der Waals surface area (Å²) in [6, 6.07) is 12.4. The van der Waals surface area contributed by atoms with Crippen LogP contribution in [-0.2, 0) is 0 Å². The Hall–Kier alpha value is -3.79. The van der Waals surface area contributed by atoms with Crippen molar-refractivity contribution in [2.75, 3.05) is 7.11 Å². The number of hydrogen-bond acceptors (Lipinski definition) is 7. The second-order valence-corrected chi connectivity index (χ2v) is 7.68. The molecule has 32 heavy (non-hydrogen) atoms. The monoisotopic (exact) mass is 499 g/mol. The van der Waals surface area contributed by atoms with Crippen LogP contribution in [-0.4, -0.2) is 23.2 Å². The van der Waals surface area contributed by atoms with Crippen LogP contribution >= 0.6 is 15.9 Å². The smallest absolute Gasteiger partial charge is 0.318 e. The van der Waals surface area contributed by atoms with Gasteiger partial charge in [0, 0.05) is 12.3 Å². The molecule has 0 aliphatic carbocycles. The Morgan fingerprint density at radius 1 is 0.938 bits per heavy atom. The third-order valence-corrected chi connectivity index (χ3v) is 5.26. The van der Waals surface area contributed by atoms with Crippen molar-refractivity contribution in [2.24, 2.45) is 4.99 Å². The zero-order valence-electron chi connectivity index (χ0n) is 17.4. The fraction of sp³-hybridized carbons (Fsp3) is 0.136. The molecule has 0 heterocycles. The number of non-ortho nitro benzene ring substituents is 1. The highest BCUT2D eigenvalue weighted by Crippen LogP contribution is 2.42. The molecule has 0 aromatic heterocycles. The summed E-state index contributed by atoms with van der Waals surface area (Å²) >= 11 is 3.40. The molecule has 10 heteroatoms. The van der Waals surface area contributed by atoms with Gasteiger partial charge in [-0.05, 0) is 76.8 Å². The number of rotatable bonds is 7. The molecule has 0 spiro atoms. The van der Waals surface area contributed by atoms with Crippen molar-refractivity contribution >= 4 is 39.2 Å². The van der Waals surface area contributed by atoms with Crippen molar-refractivity contribution in [1.82, 2.24) is 0 Å². The van der Waals surface area contributed by atoms with Gasteiger partial charge in [0.25, 0.3) is 5.69 Å². The highest BCUT2D eigenvalue weighted by Gasteiger charge is 2.23. The summed E-state index contributed by atoms with van der Waals surface area (Å²) in [5.74, 6) is 0.331. The zero-order valence-corrected chi connectivity index (χ0v) is 19.0. The predicted octanol–water partition coefficient (Wildman–Crippen LogP) is 6.43. The minimum Gasteiger partial charge on any atom is -0.493 e. The number of nitro benzene ring substituents is 2. The average molecular weight is 500 g/mol. The van der Waals surface area contributed by atoms with Crippen molar-refractivity contribution < 1.29 is 19.3 Å². The van der Waals surface area contributed by atoms with Crippen LogP contribution in [0.4, 0.5) is 17.1 Å². The second kappa shape index (κ2) is 9.56. The van der Waals surface area contributed by atoms with E-state index < -0.39 is 21.2 Å². The maximum absolute atomic E-state index is 11.4. The van der Waals surface area contributed by atoms with E-state index in [1.165, 1.54) is 18.7 Å². The third-order valence-electron chi connectivity index (χ3n) is 4.67. The molecule has 164 valence electrons. The van der Waals surface area contributed by atoms with Crippen molar-refractivity contribution in [1.29, 1.82) is 0 Å². The van der Waals surface area contributed by atoms with Gasteiger partial charge in [-0.15, -0.1) is 0 Å². The lowest BCUT2D eigenvalue weighted by Crippen LogP contribution is -1.98. The second-order valence-electron chi connectivity index (χ2n) is 6.83. The maximum atomic E-state index is 11.4. The first-order chi connectivity index (χ1) is 15.2. The summed E-state index contributed by atoms with van der Waals surface area (Å²) < 4.78 is 11.6. The molecule has 0 saturated heterocycles. The number of hydrogen-bond donors (Lipinski definition) is 0. The minimum absolute atomic E-state index is 0.156. The van der Waals surface area contributed by atoms with Crippen LogP contribution in [0.5, 0.6) is 17.2 Å². The number of aryl methyl sites for hydroxylation is 2. The molecule has 3 aromatic carbocycles. The first-order valence-corrected chi connectivity index (χ1v) is 10.1. The maximum Gasteiger partial charge on any atom is 0.318 e. The van der Waals surface area contributed by atoms with E-state index in [0.717, 1.165) is 23.4 Å². The van der Waals surface area contributed by atoms with Crippen LogP contribution in [0, 0.1) is 34.1 Å². The number of halogens is 1. The molecule has 0 fully saturated rings. The number of aliphatic imine (C=N–C) groups is 1. The molecule has 0 amide bonds. The first kappa shape index (κ1) is 22.9. The van der Waals surface area contributed by atoms with Crippen LogP contribution in [0.2, 0.25) is 0 Å². The molecule has 0 unspecified atom stereocenters. The van der Waals surface area contributed by atoms with Crippen molar-refractivity contribution in [2.45, 2.75) is 13.8 Å². The summed E-state index contributed by atoms with van der Waals surface area (Å²) in [5.41, 5.74) is 2.87. The number of benzene rings is 3. The lowest BCUT2D eigenvalue weighted by Gasteiger charge is -2.13. The molecular formula is C22H18BrN3O6. The molecule has 0 radical (unpaired) electrons. The number of nitro groups is 2. The van der Waals surface area contributed by atoms with E-state index in [0.29, 0.717) is 15.8 Å². The highest BCUT2D eigenvalue weighted by molar-refractivity contribution is 9.10. The number of ether oxygens (including phenoxy) is 2. The van der Waals surface area contributed by atoms with Gasteiger partial charge in [0.05, 0.1) is 33.2 Å². The summed E-state index contributed by atoms with van der Waals surface area (Å²) in [7, 11) is 1.43. The molecule has 3 rings (SSSR count). The molecule has 0 N–H and O–H groups in total. The van der Waals surface area contributed by atoms with Crippen LogP contribution in [0.15, 0.2) is 58.0 Å². The van der Waals surface area contributed by atoms with E-state index in [4.69, 9.17) is 9.47 Å². The standard InChI is InChI=1S/C22H18BrN3O6/c1-13-4-5-16(8-14(13)2)24-12-15-9-18(23)22(21(10-15)31-3)32-20-7-6-17(25(27)28)11-19(20)26(29)30/h4-12H,1-3H3. The van der Waals surface area contributed by atoms with Crippen LogP contribution < -0.4 is 9.47 Å². The van der Waals surface area contributed by atoms with Crippen molar-refractivity contribution in [3.8, 4) is 17.2 Å². The summed E-state index contributed by atoms with van der Waals surface area (Å²) in [5, 5.41) is 22.3. The molecule has 9 nitrogen and oxygen atoms in total. The van der Waals surface area contributed by atoms with Gasteiger partial charge in [-0.1, -0.05) is 6.07 Å². The van der Waals surface area contributed by atoms with Crippen LogP contribution in [0.25, 0.3) is 0 Å². The fourth-order valence-electron chi connectivity index (χ4n) is 2.83. The lowest BCUT2D eigenvalue weighted by atomic mass is 10.1. The largest absolute Gasteiger partial charge is 0.493 e. The van der Waals surface area contributed by atoms with E-state index in [2.05, 4.69) is 20.9 Å². The Morgan fingerprint density at radius 2 is 1.69 bits per heavy atom. The van der Waals surface area contributed by atoms with Gasteiger partial charge in [-0.3, -0.25) is 25.2 Å². The van der Waals surface area contributed by atoms with Gasteiger partial charge >= 0.3 is 5.69 Å². The topological polar surface area (TPSA) is 117 Å². The Bertz CT molecular complexity index is 1240. The van der Waals surface area contributed by atoms with E-state index in [1.54, 1.807) is 18.3 Å². The molecule has 0 atom stereocenters. The van der Waals surface area contributed by atoms with Crippen LogP contribution in [0.3, 0.4) is 0 Å². The van der Waals surface area contributed by atoms with Gasteiger partial charge in [0.2, 0.25) is 5.75 Å². The minimum atomic E-state index is -0.743.